The van der Waals surface area contributed by atoms with Crippen LogP contribution in [0.4, 0.5) is 0 Å². The van der Waals surface area contributed by atoms with E-state index in [0.29, 0.717) is 0 Å². The third kappa shape index (κ3) is 3.47. The molecule has 1 saturated heterocycles. The van der Waals surface area contributed by atoms with Gasteiger partial charge in [-0.15, -0.1) is 0 Å². The predicted molar refractivity (Wildman–Crippen MR) is 78.3 cm³/mol. The van der Waals surface area contributed by atoms with Crippen molar-refractivity contribution in [2.24, 2.45) is 0 Å². The van der Waals surface area contributed by atoms with Gasteiger partial charge in [-0.05, 0) is 58.0 Å². The van der Waals surface area contributed by atoms with E-state index in [-0.39, 0.29) is 5.54 Å². The first-order valence-corrected chi connectivity index (χ1v) is 7.12. The number of hydrogen-bond donors (Lipinski definition) is 1. The fraction of sp³-hybridized carbons (Fsp3) is 0.600. The summed E-state index contributed by atoms with van der Waals surface area (Å²) in [5.74, 6) is 0. The zero-order valence-electron chi connectivity index (χ0n) is 11.4. The second-order valence-corrected chi connectivity index (χ2v) is 6.05. The predicted octanol–water partition coefficient (Wildman–Crippen LogP) is 2.96. The summed E-state index contributed by atoms with van der Waals surface area (Å²) in [7, 11) is 4.30. The van der Waals surface area contributed by atoms with Crippen molar-refractivity contribution < 1.29 is 0 Å². The lowest BCUT2D eigenvalue weighted by Gasteiger charge is -2.33. The van der Waals surface area contributed by atoms with Crippen molar-refractivity contribution >= 4 is 11.6 Å². The maximum atomic E-state index is 6.23. The molecule has 1 aliphatic heterocycles. The van der Waals surface area contributed by atoms with Gasteiger partial charge in [-0.2, -0.15) is 0 Å². The molecule has 0 aliphatic carbocycles. The van der Waals surface area contributed by atoms with Gasteiger partial charge in [0, 0.05) is 17.1 Å². The van der Waals surface area contributed by atoms with Crippen LogP contribution in [0.5, 0.6) is 0 Å². The van der Waals surface area contributed by atoms with E-state index in [4.69, 9.17) is 11.6 Å². The molecule has 1 aliphatic rings. The Morgan fingerprint density at radius 2 is 2.11 bits per heavy atom. The highest BCUT2D eigenvalue weighted by atomic mass is 35.5. The summed E-state index contributed by atoms with van der Waals surface area (Å²) < 4.78 is 0. The van der Waals surface area contributed by atoms with E-state index in [0.717, 1.165) is 31.0 Å². The Balaban J connectivity index is 2.00. The summed E-state index contributed by atoms with van der Waals surface area (Å²) >= 11 is 6.23. The lowest BCUT2D eigenvalue weighted by atomic mass is 9.89. The molecule has 1 N–H and O–H groups in total. The summed E-state index contributed by atoms with van der Waals surface area (Å²) in [6, 6.07) is 8.19. The standard InChI is InChI=1S/C15H23ClN2/c1-18(2)12-15(9-5-11-17-15)10-8-13-6-3-4-7-14(13)16/h3-4,6-7,17H,5,8-12H2,1-2H3. The first kappa shape index (κ1) is 13.9. The zero-order chi connectivity index (χ0) is 13.0. The molecule has 18 heavy (non-hydrogen) atoms. The minimum atomic E-state index is 0.280. The molecule has 1 aromatic rings. The van der Waals surface area contributed by atoms with Gasteiger partial charge in [-0.3, -0.25) is 0 Å². The number of likely N-dealkylation sites (N-methyl/N-ethyl adjacent to an activating group) is 1. The fourth-order valence-corrected chi connectivity index (χ4v) is 3.21. The SMILES string of the molecule is CN(C)CC1(CCc2ccccc2Cl)CCCN1. The Morgan fingerprint density at radius 3 is 2.72 bits per heavy atom. The molecule has 0 spiro atoms. The Bertz CT molecular complexity index is 384. The molecule has 1 fully saturated rings. The van der Waals surface area contributed by atoms with Crippen molar-refractivity contribution in [3.8, 4) is 0 Å². The van der Waals surface area contributed by atoms with Crippen LogP contribution in [0, 0.1) is 0 Å². The van der Waals surface area contributed by atoms with Crippen LogP contribution in [0.3, 0.4) is 0 Å². The van der Waals surface area contributed by atoms with Crippen molar-refractivity contribution in [1.29, 1.82) is 0 Å². The van der Waals surface area contributed by atoms with Crippen LogP contribution in [0.1, 0.15) is 24.8 Å². The highest BCUT2D eigenvalue weighted by Gasteiger charge is 2.33. The van der Waals surface area contributed by atoms with Crippen molar-refractivity contribution in [3.63, 3.8) is 0 Å². The molecular formula is C15H23ClN2. The Hall–Kier alpha value is -0.570. The Kier molecular flexibility index (Phi) is 4.66. The molecule has 0 bridgehead atoms. The lowest BCUT2D eigenvalue weighted by Crippen LogP contribution is -2.48. The topological polar surface area (TPSA) is 15.3 Å². The van der Waals surface area contributed by atoms with E-state index < -0.39 is 0 Å². The van der Waals surface area contributed by atoms with Gasteiger partial charge in [0.2, 0.25) is 0 Å². The first-order valence-electron chi connectivity index (χ1n) is 6.74. The quantitative estimate of drug-likeness (QED) is 0.882. The monoisotopic (exact) mass is 266 g/mol. The van der Waals surface area contributed by atoms with E-state index in [2.05, 4.69) is 36.4 Å². The maximum absolute atomic E-state index is 6.23. The second-order valence-electron chi connectivity index (χ2n) is 5.64. The van der Waals surface area contributed by atoms with Crippen molar-refractivity contribution in [2.75, 3.05) is 27.2 Å². The number of halogens is 1. The molecule has 0 amide bonds. The molecule has 1 unspecified atom stereocenters. The Labute approximate surface area is 115 Å². The maximum Gasteiger partial charge on any atom is 0.0437 e. The average Bonchev–Trinajstić information content (AvgIpc) is 2.76. The molecule has 100 valence electrons. The largest absolute Gasteiger partial charge is 0.310 e. The van der Waals surface area contributed by atoms with Crippen LogP contribution >= 0.6 is 11.6 Å². The lowest BCUT2D eigenvalue weighted by molar-refractivity contribution is 0.243. The molecule has 1 atom stereocenters. The number of nitrogens with zero attached hydrogens (tertiary/aromatic N) is 1. The number of benzene rings is 1. The van der Waals surface area contributed by atoms with Crippen molar-refractivity contribution in [2.45, 2.75) is 31.2 Å². The van der Waals surface area contributed by atoms with Crippen LogP contribution < -0.4 is 5.32 Å². The van der Waals surface area contributed by atoms with Crippen LogP contribution in [-0.2, 0) is 6.42 Å². The molecule has 2 rings (SSSR count). The summed E-state index contributed by atoms with van der Waals surface area (Å²) in [4.78, 5) is 2.28. The molecule has 1 aromatic carbocycles. The van der Waals surface area contributed by atoms with Crippen LogP contribution in [0.15, 0.2) is 24.3 Å². The summed E-state index contributed by atoms with van der Waals surface area (Å²) in [5.41, 5.74) is 1.55. The minimum Gasteiger partial charge on any atom is -0.310 e. The number of nitrogens with one attached hydrogen (secondary N) is 1. The fourth-order valence-electron chi connectivity index (χ4n) is 2.98. The van der Waals surface area contributed by atoms with E-state index in [1.807, 2.05) is 12.1 Å². The summed E-state index contributed by atoms with van der Waals surface area (Å²) in [6.07, 6.45) is 4.78. The van der Waals surface area contributed by atoms with Crippen LogP contribution in [0.2, 0.25) is 5.02 Å². The summed E-state index contributed by atoms with van der Waals surface area (Å²) in [6.45, 7) is 2.26. The number of hydrogen-bond acceptors (Lipinski definition) is 2. The van der Waals surface area contributed by atoms with Gasteiger partial charge in [-0.25, -0.2) is 0 Å². The molecule has 3 heteroatoms. The molecule has 0 radical (unpaired) electrons. The van der Waals surface area contributed by atoms with Crippen molar-refractivity contribution in [1.82, 2.24) is 10.2 Å². The Morgan fingerprint density at radius 1 is 1.33 bits per heavy atom. The third-order valence-corrected chi connectivity index (χ3v) is 4.15. The van der Waals surface area contributed by atoms with Gasteiger partial charge >= 0.3 is 0 Å². The normalized spacial score (nSPS) is 23.8. The number of aryl methyl sites for hydroxylation is 1. The van der Waals surface area contributed by atoms with E-state index >= 15 is 0 Å². The first-order chi connectivity index (χ1) is 8.61. The van der Waals surface area contributed by atoms with E-state index in [1.54, 1.807) is 0 Å². The average molecular weight is 267 g/mol. The van der Waals surface area contributed by atoms with E-state index in [1.165, 1.54) is 18.4 Å². The van der Waals surface area contributed by atoms with Crippen molar-refractivity contribution in [3.05, 3.63) is 34.9 Å². The van der Waals surface area contributed by atoms with Gasteiger partial charge < -0.3 is 10.2 Å². The van der Waals surface area contributed by atoms with Gasteiger partial charge in [-0.1, -0.05) is 29.8 Å². The number of rotatable bonds is 5. The highest BCUT2D eigenvalue weighted by Crippen LogP contribution is 2.27. The van der Waals surface area contributed by atoms with Gasteiger partial charge in [0.15, 0.2) is 0 Å². The van der Waals surface area contributed by atoms with Gasteiger partial charge in [0.25, 0.3) is 0 Å². The molecule has 1 heterocycles. The van der Waals surface area contributed by atoms with Gasteiger partial charge in [0.1, 0.15) is 0 Å². The zero-order valence-corrected chi connectivity index (χ0v) is 12.1. The molecule has 0 aromatic heterocycles. The second kappa shape index (κ2) is 6.05. The van der Waals surface area contributed by atoms with Crippen LogP contribution in [-0.4, -0.2) is 37.6 Å². The molecule has 0 saturated carbocycles. The molecular weight excluding hydrogens is 244 g/mol. The summed E-state index contributed by atoms with van der Waals surface area (Å²) in [5, 5.41) is 4.61. The highest BCUT2D eigenvalue weighted by molar-refractivity contribution is 6.31. The molecule has 2 nitrogen and oxygen atoms in total. The minimum absolute atomic E-state index is 0.280. The van der Waals surface area contributed by atoms with E-state index in [9.17, 15) is 0 Å². The third-order valence-electron chi connectivity index (χ3n) is 3.78. The van der Waals surface area contributed by atoms with Crippen LogP contribution in [0.25, 0.3) is 0 Å². The van der Waals surface area contributed by atoms with Gasteiger partial charge in [0.05, 0.1) is 0 Å². The smallest absolute Gasteiger partial charge is 0.0437 e.